The predicted octanol–water partition coefficient (Wildman–Crippen LogP) is 3.66. The lowest BCUT2D eigenvalue weighted by molar-refractivity contribution is 0.0601. The van der Waals surface area contributed by atoms with Crippen molar-refractivity contribution < 1.29 is 14.3 Å². The molecule has 0 fully saturated rings. The zero-order valence-electron chi connectivity index (χ0n) is 15.3. The highest BCUT2D eigenvalue weighted by atomic mass is 16.5. The second-order valence-electron chi connectivity index (χ2n) is 5.85. The number of hydrogen-bond donors (Lipinski definition) is 1. The molecule has 1 N–H and O–H groups in total. The molecule has 0 aliphatic heterocycles. The number of esters is 1. The van der Waals surface area contributed by atoms with Gasteiger partial charge in [-0.3, -0.25) is 4.98 Å². The lowest BCUT2D eigenvalue weighted by Gasteiger charge is -2.12. The molecule has 0 aliphatic rings. The van der Waals surface area contributed by atoms with Gasteiger partial charge in [-0.1, -0.05) is 30.3 Å². The fraction of sp³-hybridized carbons (Fsp3) is 0.190. The molecule has 1 aromatic carbocycles. The molecule has 0 aliphatic carbocycles. The van der Waals surface area contributed by atoms with Gasteiger partial charge >= 0.3 is 5.97 Å². The average molecular weight is 363 g/mol. The zero-order chi connectivity index (χ0) is 19.1. The standard InChI is InChI=1S/C21H21N3O3/c1-26-11-10-23-20-19(21(25)27-2)12-18(14-24-20)16-7-5-15(6-8-16)17-4-3-9-22-13-17/h3-9,12-14H,10-11H2,1-2H3,(H,23,24). The number of rotatable bonds is 7. The van der Waals surface area contributed by atoms with Gasteiger partial charge in [0.2, 0.25) is 0 Å². The summed E-state index contributed by atoms with van der Waals surface area (Å²) in [4.78, 5) is 20.7. The van der Waals surface area contributed by atoms with Crippen molar-refractivity contribution in [1.82, 2.24) is 9.97 Å². The molecule has 2 aromatic heterocycles. The number of hydrogen-bond acceptors (Lipinski definition) is 6. The van der Waals surface area contributed by atoms with E-state index in [2.05, 4.69) is 15.3 Å². The van der Waals surface area contributed by atoms with Gasteiger partial charge in [0.05, 0.1) is 13.7 Å². The summed E-state index contributed by atoms with van der Waals surface area (Å²) in [6.07, 6.45) is 5.31. The summed E-state index contributed by atoms with van der Waals surface area (Å²) in [6, 6.07) is 13.7. The third kappa shape index (κ3) is 4.48. The second kappa shape index (κ2) is 8.91. The van der Waals surface area contributed by atoms with E-state index >= 15 is 0 Å². The van der Waals surface area contributed by atoms with Crippen molar-refractivity contribution in [1.29, 1.82) is 0 Å². The van der Waals surface area contributed by atoms with E-state index in [1.54, 1.807) is 25.6 Å². The first-order valence-corrected chi connectivity index (χ1v) is 8.55. The minimum atomic E-state index is -0.434. The van der Waals surface area contributed by atoms with E-state index in [9.17, 15) is 4.79 Å². The number of pyridine rings is 2. The Morgan fingerprint density at radius 1 is 1.00 bits per heavy atom. The van der Waals surface area contributed by atoms with Gasteiger partial charge in [-0.2, -0.15) is 0 Å². The van der Waals surface area contributed by atoms with Crippen molar-refractivity contribution >= 4 is 11.8 Å². The minimum Gasteiger partial charge on any atom is -0.465 e. The monoisotopic (exact) mass is 363 g/mol. The van der Waals surface area contributed by atoms with E-state index in [-0.39, 0.29) is 0 Å². The summed E-state index contributed by atoms with van der Waals surface area (Å²) in [5.74, 6) is 0.0471. The molecule has 6 heteroatoms. The SMILES string of the molecule is COCCNc1ncc(-c2ccc(-c3cccnc3)cc2)cc1C(=O)OC. The molecule has 0 unspecified atom stereocenters. The molecular formula is C21H21N3O3. The largest absolute Gasteiger partial charge is 0.465 e. The second-order valence-corrected chi connectivity index (χ2v) is 5.85. The topological polar surface area (TPSA) is 73.3 Å². The van der Waals surface area contributed by atoms with Crippen LogP contribution in [-0.4, -0.2) is 43.3 Å². The summed E-state index contributed by atoms with van der Waals surface area (Å²) in [5, 5.41) is 3.09. The summed E-state index contributed by atoms with van der Waals surface area (Å²) in [5.41, 5.74) is 4.32. The van der Waals surface area contributed by atoms with E-state index in [4.69, 9.17) is 9.47 Å². The van der Waals surface area contributed by atoms with E-state index < -0.39 is 5.97 Å². The summed E-state index contributed by atoms with van der Waals surface area (Å²) < 4.78 is 9.91. The third-order valence-electron chi connectivity index (χ3n) is 4.10. The van der Waals surface area contributed by atoms with Crippen LogP contribution in [0.1, 0.15) is 10.4 Å². The highest BCUT2D eigenvalue weighted by Gasteiger charge is 2.15. The molecule has 2 heterocycles. The van der Waals surface area contributed by atoms with E-state index in [0.29, 0.717) is 24.5 Å². The third-order valence-corrected chi connectivity index (χ3v) is 4.10. The van der Waals surface area contributed by atoms with Gasteiger partial charge in [-0.15, -0.1) is 0 Å². The maximum absolute atomic E-state index is 12.1. The van der Waals surface area contributed by atoms with Crippen LogP contribution in [0.4, 0.5) is 5.82 Å². The first-order valence-electron chi connectivity index (χ1n) is 8.55. The predicted molar refractivity (Wildman–Crippen MR) is 105 cm³/mol. The van der Waals surface area contributed by atoms with Crippen LogP contribution >= 0.6 is 0 Å². The van der Waals surface area contributed by atoms with Crippen molar-refractivity contribution in [2.24, 2.45) is 0 Å². The van der Waals surface area contributed by atoms with Crippen molar-refractivity contribution in [3.63, 3.8) is 0 Å². The van der Waals surface area contributed by atoms with Crippen LogP contribution in [0.15, 0.2) is 61.1 Å². The van der Waals surface area contributed by atoms with Gasteiger partial charge < -0.3 is 14.8 Å². The molecule has 0 saturated carbocycles. The number of carbonyl (C=O) groups excluding carboxylic acids is 1. The summed E-state index contributed by atoms with van der Waals surface area (Å²) in [6.45, 7) is 1.06. The van der Waals surface area contributed by atoms with Crippen LogP contribution in [0.2, 0.25) is 0 Å². The Morgan fingerprint density at radius 3 is 2.37 bits per heavy atom. The Balaban J connectivity index is 1.88. The Morgan fingerprint density at radius 2 is 1.74 bits per heavy atom. The Bertz CT molecular complexity index is 896. The number of benzene rings is 1. The highest BCUT2D eigenvalue weighted by Crippen LogP contribution is 2.26. The Hall–Kier alpha value is -3.25. The molecule has 0 bridgehead atoms. The molecule has 27 heavy (non-hydrogen) atoms. The quantitative estimate of drug-likeness (QED) is 0.510. The summed E-state index contributed by atoms with van der Waals surface area (Å²) >= 11 is 0. The number of nitrogens with zero attached hydrogens (tertiary/aromatic N) is 2. The minimum absolute atomic E-state index is 0.391. The molecule has 0 radical (unpaired) electrons. The van der Waals surface area contributed by atoms with Crippen molar-refractivity contribution in [2.45, 2.75) is 0 Å². The van der Waals surface area contributed by atoms with Gasteiger partial charge in [-0.25, -0.2) is 9.78 Å². The van der Waals surface area contributed by atoms with Crippen LogP contribution in [0, 0.1) is 0 Å². The molecule has 0 saturated heterocycles. The Kier molecular flexibility index (Phi) is 6.12. The normalized spacial score (nSPS) is 10.4. The number of aromatic nitrogens is 2. The lowest BCUT2D eigenvalue weighted by atomic mass is 10.0. The van der Waals surface area contributed by atoms with Crippen LogP contribution in [-0.2, 0) is 9.47 Å². The number of ether oxygens (including phenoxy) is 2. The summed E-state index contributed by atoms with van der Waals surface area (Å²) in [7, 11) is 2.98. The average Bonchev–Trinajstić information content (AvgIpc) is 2.74. The van der Waals surface area contributed by atoms with Gasteiger partial charge in [0.25, 0.3) is 0 Å². The van der Waals surface area contributed by atoms with Crippen LogP contribution < -0.4 is 5.32 Å². The van der Waals surface area contributed by atoms with Crippen LogP contribution in [0.5, 0.6) is 0 Å². The van der Waals surface area contributed by atoms with Crippen molar-refractivity contribution in [3.8, 4) is 22.3 Å². The maximum atomic E-state index is 12.1. The molecular weight excluding hydrogens is 342 g/mol. The fourth-order valence-corrected chi connectivity index (χ4v) is 2.69. The van der Waals surface area contributed by atoms with Crippen molar-refractivity contribution in [3.05, 3.63) is 66.6 Å². The van der Waals surface area contributed by atoms with Crippen LogP contribution in [0.3, 0.4) is 0 Å². The molecule has 0 amide bonds. The van der Waals surface area contributed by atoms with Crippen molar-refractivity contribution in [2.75, 3.05) is 32.7 Å². The molecule has 0 spiro atoms. The number of nitrogens with one attached hydrogen (secondary N) is 1. The molecule has 6 nitrogen and oxygen atoms in total. The smallest absolute Gasteiger partial charge is 0.341 e. The van der Waals surface area contributed by atoms with Crippen LogP contribution in [0.25, 0.3) is 22.3 Å². The highest BCUT2D eigenvalue weighted by molar-refractivity contribution is 5.96. The van der Waals surface area contributed by atoms with E-state index in [1.807, 2.05) is 42.6 Å². The molecule has 3 rings (SSSR count). The van der Waals surface area contributed by atoms with Gasteiger partial charge in [0.1, 0.15) is 11.4 Å². The zero-order valence-corrected chi connectivity index (χ0v) is 15.3. The first-order chi connectivity index (χ1) is 13.2. The number of anilines is 1. The first kappa shape index (κ1) is 18.5. The molecule has 138 valence electrons. The van der Waals surface area contributed by atoms with Gasteiger partial charge in [-0.05, 0) is 28.8 Å². The van der Waals surface area contributed by atoms with Gasteiger partial charge in [0, 0.05) is 37.8 Å². The maximum Gasteiger partial charge on any atom is 0.341 e. The number of carbonyl (C=O) groups is 1. The number of methoxy groups -OCH3 is 2. The van der Waals surface area contributed by atoms with E-state index in [1.165, 1.54) is 7.11 Å². The molecule has 0 atom stereocenters. The van der Waals surface area contributed by atoms with E-state index in [0.717, 1.165) is 22.3 Å². The fourth-order valence-electron chi connectivity index (χ4n) is 2.69. The van der Waals surface area contributed by atoms with Gasteiger partial charge in [0.15, 0.2) is 0 Å². The molecule has 3 aromatic rings. The Labute approximate surface area is 158 Å². The lowest BCUT2D eigenvalue weighted by Crippen LogP contribution is -2.14.